The van der Waals surface area contributed by atoms with Gasteiger partial charge in [-0.05, 0) is 33.0 Å². The van der Waals surface area contributed by atoms with E-state index < -0.39 is 0 Å². The molecule has 0 amide bonds. The van der Waals surface area contributed by atoms with Gasteiger partial charge in [0.2, 0.25) is 0 Å². The Labute approximate surface area is 68.4 Å². The van der Waals surface area contributed by atoms with Gasteiger partial charge >= 0.3 is 0 Å². The molecule has 1 aliphatic rings. The molecule has 1 rings (SSSR count). The Hall–Kier alpha value is -0.120. The average Bonchev–Trinajstić information content (AvgIpc) is 2.07. The molecule has 2 N–H and O–H groups in total. The van der Waals surface area contributed by atoms with E-state index in [9.17, 15) is 0 Å². The summed E-state index contributed by atoms with van der Waals surface area (Å²) in [5.74, 6) is 0. The van der Waals surface area contributed by atoms with Crippen molar-refractivity contribution in [1.82, 2.24) is 10.2 Å². The van der Waals surface area contributed by atoms with Crippen molar-refractivity contribution in [3.05, 3.63) is 0 Å². The fourth-order valence-electron chi connectivity index (χ4n) is 1.59. The van der Waals surface area contributed by atoms with Gasteiger partial charge in [-0.2, -0.15) is 0 Å². The van der Waals surface area contributed by atoms with E-state index >= 15 is 0 Å². The Morgan fingerprint density at radius 2 is 2.09 bits per heavy atom. The van der Waals surface area contributed by atoms with Crippen LogP contribution in [0.25, 0.3) is 0 Å². The van der Waals surface area contributed by atoms with Crippen molar-refractivity contribution in [2.45, 2.75) is 18.9 Å². The first-order chi connectivity index (χ1) is 5.36. The summed E-state index contributed by atoms with van der Waals surface area (Å²) in [5.41, 5.74) is 0. The Kier molecular flexibility index (Phi) is 3.83. The van der Waals surface area contributed by atoms with Gasteiger partial charge in [0.1, 0.15) is 0 Å². The monoisotopic (exact) mass is 158 g/mol. The molecule has 0 spiro atoms. The second-order valence-electron chi connectivity index (χ2n) is 3.13. The highest BCUT2D eigenvalue weighted by molar-refractivity contribution is 4.75. The van der Waals surface area contributed by atoms with Crippen LogP contribution in [-0.4, -0.2) is 49.3 Å². The standard InChI is InChI=1S/C8H18N2O/c1-9-8-2-4-10(5-3-8)6-7-11/h8-9,11H,2-7H2,1H3. The third-order valence-corrected chi connectivity index (χ3v) is 2.41. The molecule has 3 heteroatoms. The number of hydrogen-bond acceptors (Lipinski definition) is 3. The molecular formula is C8H18N2O. The first-order valence-electron chi connectivity index (χ1n) is 4.37. The molecule has 0 bridgehead atoms. The highest BCUT2D eigenvalue weighted by atomic mass is 16.3. The number of likely N-dealkylation sites (tertiary alicyclic amines) is 1. The molecule has 1 saturated heterocycles. The molecule has 0 radical (unpaired) electrons. The molecule has 0 aromatic heterocycles. The largest absolute Gasteiger partial charge is 0.395 e. The fraction of sp³-hybridized carbons (Fsp3) is 1.00. The van der Waals surface area contributed by atoms with Crippen LogP contribution in [0.3, 0.4) is 0 Å². The molecule has 0 aliphatic carbocycles. The fourth-order valence-corrected chi connectivity index (χ4v) is 1.59. The number of β-amino-alcohol motifs (C(OH)–C–C–N with tert-alkyl or cyclic N) is 1. The maximum Gasteiger partial charge on any atom is 0.0558 e. The maximum atomic E-state index is 8.68. The molecular weight excluding hydrogens is 140 g/mol. The summed E-state index contributed by atoms with van der Waals surface area (Å²) in [6, 6.07) is 0.699. The van der Waals surface area contributed by atoms with E-state index in [4.69, 9.17) is 5.11 Å². The summed E-state index contributed by atoms with van der Waals surface area (Å²) in [5, 5.41) is 12.0. The van der Waals surface area contributed by atoms with Crippen LogP contribution in [0.1, 0.15) is 12.8 Å². The topological polar surface area (TPSA) is 35.5 Å². The van der Waals surface area contributed by atoms with Crippen LogP contribution >= 0.6 is 0 Å². The number of aliphatic hydroxyl groups excluding tert-OH is 1. The minimum absolute atomic E-state index is 0.296. The van der Waals surface area contributed by atoms with Crippen LogP contribution in [0.5, 0.6) is 0 Å². The van der Waals surface area contributed by atoms with Gasteiger partial charge in [0.15, 0.2) is 0 Å². The minimum Gasteiger partial charge on any atom is -0.395 e. The summed E-state index contributed by atoms with van der Waals surface area (Å²) >= 11 is 0. The minimum atomic E-state index is 0.296. The molecule has 3 nitrogen and oxygen atoms in total. The lowest BCUT2D eigenvalue weighted by molar-refractivity contribution is 0.159. The molecule has 0 atom stereocenters. The van der Waals surface area contributed by atoms with Gasteiger partial charge in [-0.25, -0.2) is 0 Å². The normalized spacial score (nSPS) is 22.4. The lowest BCUT2D eigenvalue weighted by atomic mass is 10.1. The highest BCUT2D eigenvalue weighted by Gasteiger charge is 2.16. The van der Waals surface area contributed by atoms with Crippen LogP contribution in [0.15, 0.2) is 0 Å². The summed E-state index contributed by atoms with van der Waals surface area (Å²) in [6.45, 7) is 3.40. The SMILES string of the molecule is CNC1CCN(CCO)CC1. The van der Waals surface area contributed by atoms with Crippen molar-refractivity contribution >= 4 is 0 Å². The second-order valence-corrected chi connectivity index (χ2v) is 3.13. The zero-order chi connectivity index (χ0) is 8.10. The van der Waals surface area contributed by atoms with Crippen molar-refractivity contribution in [3.8, 4) is 0 Å². The van der Waals surface area contributed by atoms with E-state index in [1.165, 1.54) is 12.8 Å². The third-order valence-electron chi connectivity index (χ3n) is 2.41. The lowest BCUT2D eigenvalue weighted by Gasteiger charge is -2.31. The van der Waals surface area contributed by atoms with E-state index in [0.29, 0.717) is 12.6 Å². The number of aliphatic hydroxyl groups is 1. The van der Waals surface area contributed by atoms with Gasteiger partial charge < -0.3 is 15.3 Å². The highest BCUT2D eigenvalue weighted by Crippen LogP contribution is 2.08. The van der Waals surface area contributed by atoms with Crippen LogP contribution in [0.2, 0.25) is 0 Å². The predicted molar refractivity (Wildman–Crippen MR) is 45.6 cm³/mol. The van der Waals surface area contributed by atoms with Crippen LogP contribution in [0, 0.1) is 0 Å². The zero-order valence-corrected chi connectivity index (χ0v) is 7.21. The van der Waals surface area contributed by atoms with Gasteiger partial charge in [0.25, 0.3) is 0 Å². The summed E-state index contributed by atoms with van der Waals surface area (Å²) in [4.78, 5) is 2.31. The van der Waals surface area contributed by atoms with Gasteiger partial charge in [-0.1, -0.05) is 0 Å². The van der Waals surface area contributed by atoms with Gasteiger partial charge in [0, 0.05) is 12.6 Å². The second kappa shape index (κ2) is 4.70. The molecule has 1 aliphatic heterocycles. The Bertz CT molecular complexity index is 100. The quantitative estimate of drug-likeness (QED) is 0.590. The van der Waals surface area contributed by atoms with Crippen molar-refractivity contribution in [2.75, 3.05) is 33.3 Å². The number of hydrogen-bond donors (Lipinski definition) is 2. The van der Waals surface area contributed by atoms with Crippen molar-refractivity contribution < 1.29 is 5.11 Å². The van der Waals surface area contributed by atoms with E-state index in [0.717, 1.165) is 19.6 Å². The maximum absolute atomic E-state index is 8.68. The smallest absolute Gasteiger partial charge is 0.0558 e. The van der Waals surface area contributed by atoms with E-state index in [-0.39, 0.29) is 0 Å². The van der Waals surface area contributed by atoms with Crippen molar-refractivity contribution in [3.63, 3.8) is 0 Å². The number of nitrogens with zero attached hydrogens (tertiary/aromatic N) is 1. The first kappa shape index (κ1) is 8.97. The molecule has 0 aromatic carbocycles. The average molecular weight is 158 g/mol. The Balaban J connectivity index is 2.14. The van der Waals surface area contributed by atoms with Crippen LogP contribution in [-0.2, 0) is 0 Å². The number of nitrogens with one attached hydrogen (secondary N) is 1. The van der Waals surface area contributed by atoms with Crippen LogP contribution in [0.4, 0.5) is 0 Å². The summed E-state index contributed by atoms with van der Waals surface area (Å²) in [6.07, 6.45) is 2.44. The molecule has 1 fully saturated rings. The first-order valence-corrected chi connectivity index (χ1v) is 4.37. The predicted octanol–water partition coefficient (Wildman–Crippen LogP) is -0.338. The molecule has 1 heterocycles. The Morgan fingerprint density at radius 3 is 2.55 bits per heavy atom. The van der Waals surface area contributed by atoms with Crippen LogP contribution < -0.4 is 5.32 Å². The van der Waals surface area contributed by atoms with Crippen molar-refractivity contribution in [2.24, 2.45) is 0 Å². The molecule has 11 heavy (non-hydrogen) atoms. The molecule has 0 saturated carbocycles. The lowest BCUT2D eigenvalue weighted by Crippen LogP contribution is -2.42. The number of rotatable bonds is 3. The van der Waals surface area contributed by atoms with Gasteiger partial charge in [-0.3, -0.25) is 0 Å². The van der Waals surface area contributed by atoms with E-state index in [1.807, 2.05) is 7.05 Å². The summed E-state index contributed by atoms with van der Waals surface area (Å²) < 4.78 is 0. The van der Waals surface area contributed by atoms with E-state index in [1.54, 1.807) is 0 Å². The van der Waals surface area contributed by atoms with Gasteiger partial charge in [-0.15, -0.1) is 0 Å². The molecule has 0 unspecified atom stereocenters. The summed E-state index contributed by atoms with van der Waals surface area (Å²) in [7, 11) is 2.02. The Morgan fingerprint density at radius 1 is 1.45 bits per heavy atom. The van der Waals surface area contributed by atoms with Gasteiger partial charge in [0.05, 0.1) is 6.61 Å². The molecule has 66 valence electrons. The van der Waals surface area contributed by atoms with Crippen molar-refractivity contribution in [1.29, 1.82) is 0 Å². The third kappa shape index (κ3) is 2.77. The number of piperidine rings is 1. The zero-order valence-electron chi connectivity index (χ0n) is 7.21. The molecule has 0 aromatic rings. The van der Waals surface area contributed by atoms with E-state index in [2.05, 4.69) is 10.2 Å².